The van der Waals surface area contributed by atoms with Gasteiger partial charge in [0, 0.05) is 30.3 Å². The second-order valence-corrected chi connectivity index (χ2v) is 7.81. The molecule has 5 N–H and O–H groups in total. The van der Waals surface area contributed by atoms with E-state index in [1.54, 1.807) is 12.1 Å². The monoisotopic (exact) mass is 474 g/mol. The maximum absolute atomic E-state index is 12.3. The Morgan fingerprint density at radius 1 is 1.06 bits per heavy atom. The van der Waals surface area contributed by atoms with Crippen LogP contribution in [0.15, 0.2) is 42.5 Å². The second kappa shape index (κ2) is 14.2. The fourth-order valence-corrected chi connectivity index (χ4v) is 3.32. The minimum Gasteiger partial charge on any atom is -0.463 e. The predicted molar refractivity (Wildman–Crippen MR) is 136 cm³/mol. The molecule has 1 atom stereocenters. The first-order chi connectivity index (χ1) is 15.3. The van der Waals surface area contributed by atoms with Crippen molar-refractivity contribution in [3.05, 3.63) is 59.2 Å². The van der Waals surface area contributed by atoms with Crippen molar-refractivity contribution in [1.82, 2.24) is 0 Å². The number of nitrogen functional groups attached to an aromatic ring is 1. The zero-order valence-corrected chi connectivity index (χ0v) is 20.4. The molecule has 33 heavy (non-hydrogen) atoms. The molecule has 0 aliphatic heterocycles. The number of benzene rings is 2. The van der Waals surface area contributed by atoms with Crippen molar-refractivity contribution in [2.75, 3.05) is 17.2 Å². The number of amides is 1. The molecular weight excluding hydrogens is 440 g/mol. The Morgan fingerprint density at radius 2 is 1.76 bits per heavy atom. The van der Waals surface area contributed by atoms with Crippen molar-refractivity contribution in [2.24, 2.45) is 5.73 Å². The van der Waals surface area contributed by atoms with Gasteiger partial charge in [-0.05, 0) is 60.4 Å². The molecule has 0 spiro atoms. The lowest BCUT2D eigenvalue weighted by Gasteiger charge is -2.22. The number of hydrogen-bond donors (Lipinski definition) is 4. The van der Waals surface area contributed by atoms with Crippen molar-refractivity contribution in [1.29, 1.82) is 5.41 Å². The number of carbonyl (C=O) groups is 2. The molecule has 2 rings (SSSR count). The van der Waals surface area contributed by atoms with E-state index in [2.05, 4.69) is 30.5 Å². The summed E-state index contributed by atoms with van der Waals surface area (Å²) in [6.07, 6.45) is 4.27. The Balaban J connectivity index is 0.00000544. The van der Waals surface area contributed by atoms with E-state index >= 15 is 0 Å². The predicted octanol–water partition coefficient (Wildman–Crippen LogP) is 5.19. The molecule has 1 unspecified atom stereocenters. The van der Waals surface area contributed by atoms with Gasteiger partial charge >= 0.3 is 5.97 Å². The second-order valence-electron chi connectivity index (χ2n) is 7.81. The van der Waals surface area contributed by atoms with Gasteiger partial charge in [0.25, 0.3) is 0 Å². The van der Waals surface area contributed by atoms with Crippen LogP contribution in [0.4, 0.5) is 11.4 Å². The number of anilines is 2. The molecule has 2 aromatic rings. The van der Waals surface area contributed by atoms with Gasteiger partial charge in [-0.3, -0.25) is 15.0 Å². The molecule has 0 heterocycles. The third-order valence-corrected chi connectivity index (χ3v) is 5.11. The lowest BCUT2D eigenvalue weighted by molar-refractivity contribution is -0.141. The number of halogens is 1. The number of rotatable bonds is 12. The summed E-state index contributed by atoms with van der Waals surface area (Å²) in [5.41, 5.74) is 9.69. The van der Waals surface area contributed by atoms with Gasteiger partial charge in [0.1, 0.15) is 12.4 Å². The number of nitrogens with one attached hydrogen (secondary N) is 3. The van der Waals surface area contributed by atoms with Crippen LogP contribution < -0.4 is 16.4 Å². The van der Waals surface area contributed by atoms with E-state index in [9.17, 15) is 9.59 Å². The first-order valence-corrected chi connectivity index (χ1v) is 11.1. The van der Waals surface area contributed by atoms with E-state index in [0.717, 1.165) is 48.2 Å². The number of hydrogen-bond acceptors (Lipinski definition) is 5. The molecule has 2 aromatic carbocycles. The Hall–Kier alpha value is -3.06. The first kappa shape index (κ1) is 28.0. The van der Waals surface area contributed by atoms with Gasteiger partial charge in [0.15, 0.2) is 0 Å². The fraction of sp³-hybridized carbons (Fsp3) is 0.400. The Labute approximate surface area is 202 Å². The molecule has 8 heteroatoms. The van der Waals surface area contributed by atoms with Crippen LogP contribution >= 0.6 is 12.4 Å². The summed E-state index contributed by atoms with van der Waals surface area (Å²) >= 11 is 0. The average molecular weight is 475 g/mol. The SMILES string of the molecule is CCCCCC(=O)Nc1cc(CC)cc(C(COC(C)=O)Nc2ccc(C(=N)N)cc2)c1.Cl. The summed E-state index contributed by atoms with van der Waals surface area (Å²) in [5, 5.41) is 13.9. The van der Waals surface area contributed by atoms with Crippen LogP contribution in [-0.4, -0.2) is 24.3 Å². The van der Waals surface area contributed by atoms with Gasteiger partial charge in [-0.2, -0.15) is 0 Å². The van der Waals surface area contributed by atoms with Crippen molar-refractivity contribution in [2.45, 2.75) is 58.9 Å². The topological polar surface area (TPSA) is 117 Å². The molecule has 180 valence electrons. The van der Waals surface area contributed by atoms with E-state index in [4.69, 9.17) is 15.9 Å². The maximum Gasteiger partial charge on any atom is 0.302 e. The van der Waals surface area contributed by atoms with Crippen LogP contribution in [0, 0.1) is 5.41 Å². The lowest BCUT2D eigenvalue weighted by Crippen LogP contribution is -2.20. The molecular formula is C25H35ClN4O3. The van der Waals surface area contributed by atoms with Crippen molar-refractivity contribution >= 4 is 41.5 Å². The summed E-state index contributed by atoms with van der Waals surface area (Å²) in [7, 11) is 0. The van der Waals surface area contributed by atoms with E-state index in [1.165, 1.54) is 6.92 Å². The normalized spacial score (nSPS) is 11.1. The van der Waals surface area contributed by atoms with E-state index in [1.807, 2.05) is 24.3 Å². The standard InChI is InChI=1S/C25H34N4O3.ClH/c1-4-6-7-8-24(31)29-22-14-18(5-2)13-20(15-22)23(16-32-17(3)30)28-21-11-9-19(10-12-21)25(26)27;/h9-15,23,28H,4-8,16H2,1-3H3,(H3,26,27)(H,29,31);1H. The zero-order valence-electron chi connectivity index (χ0n) is 19.6. The molecule has 1 amide bonds. The number of unbranched alkanes of at least 4 members (excludes halogenated alkanes) is 2. The summed E-state index contributed by atoms with van der Waals surface area (Å²) in [6, 6.07) is 12.8. The third-order valence-electron chi connectivity index (χ3n) is 5.11. The Kier molecular flexibility index (Phi) is 12.0. The van der Waals surface area contributed by atoms with Gasteiger partial charge in [-0.25, -0.2) is 0 Å². The van der Waals surface area contributed by atoms with E-state index in [-0.39, 0.29) is 42.8 Å². The molecule has 0 saturated heterocycles. The molecule has 0 aromatic heterocycles. The van der Waals surface area contributed by atoms with Crippen molar-refractivity contribution in [3.8, 4) is 0 Å². The molecule has 0 radical (unpaired) electrons. The Bertz CT molecular complexity index is 932. The van der Waals surface area contributed by atoms with Crippen molar-refractivity contribution in [3.63, 3.8) is 0 Å². The highest BCUT2D eigenvalue weighted by Gasteiger charge is 2.16. The summed E-state index contributed by atoms with van der Waals surface area (Å²) in [6.45, 7) is 5.68. The quantitative estimate of drug-likeness (QED) is 0.146. The smallest absolute Gasteiger partial charge is 0.302 e. The number of aryl methyl sites for hydroxylation is 1. The maximum atomic E-state index is 12.3. The molecule has 0 saturated carbocycles. The van der Waals surface area contributed by atoms with Gasteiger partial charge in [0.05, 0.1) is 6.04 Å². The first-order valence-electron chi connectivity index (χ1n) is 11.1. The molecule has 0 fully saturated rings. The minimum atomic E-state index is -0.361. The highest BCUT2D eigenvalue weighted by Crippen LogP contribution is 2.26. The average Bonchev–Trinajstić information content (AvgIpc) is 2.76. The largest absolute Gasteiger partial charge is 0.463 e. The minimum absolute atomic E-state index is 0. The van der Waals surface area contributed by atoms with Crippen LogP contribution in [0.3, 0.4) is 0 Å². The fourth-order valence-electron chi connectivity index (χ4n) is 3.32. The number of amidine groups is 1. The van der Waals surface area contributed by atoms with Gasteiger partial charge in [-0.15, -0.1) is 12.4 Å². The molecule has 0 aliphatic carbocycles. The number of esters is 1. The molecule has 7 nitrogen and oxygen atoms in total. The van der Waals surface area contributed by atoms with Crippen LogP contribution in [-0.2, 0) is 20.7 Å². The highest BCUT2D eigenvalue weighted by molar-refractivity contribution is 5.95. The lowest BCUT2D eigenvalue weighted by atomic mass is 10.0. The highest BCUT2D eigenvalue weighted by atomic mass is 35.5. The van der Waals surface area contributed by atoms with Crippen LogP contribution in [0.25, 0.3) is 0 Å². The van der Waals surface area contributed by atoms with Gasteiger partial charge in [-0.1, -0.05) is 32.8 Å². The number of carbonyl (C=O) groups excluding carboxylic acids is 2. The van der Waals surface area contributed by atoms with Crippen molar-refractivity contribution < 1.29 is 14.3 Å². The van der Waals surface area contributed by atoms with Crippen LogP contribution in [0.1, 0.15) is 69.2 Å². The summed E-state index contributed by atoms with van der Waals surface area (Å²) < 4.78 is 5.31. The van der Waals surface area contributed by atoms with E-state index in [0.29, 0.717) is 12.0 Å². The van der Waals surface area contributed by atoms with Gasteiger partial charge in [0.2, 0.25) is 5.91 Å². The van der Waals surface area contributed by atoms with Crippen LogP contribution in [0.2, 0.25) is 0 Å². The third kappa shape index (κ3) is 9.53. The van der Waals surface area contributed by atoms with E-state index < -0.39 is 0 Å². The molecule has 0 bridgehead atoms. The van der Waals surface area contributed by atoms with Crippen LogP contribution in [0.5, 0.6) is 0 Å². The molecule has 0 aliphatic rings. The summed E-state index contributed by atoms with van der Waals surface area (Å²) in [5.74, 6) is -0.357. The summed E-state index contributed by atoms with van der Waals surface area (Å²) in [4.78, 5) is 23.8. The van der Waals surface area contributed by atoms with Gasteiger partial charge < -0.3 is 21.1 Å². The zero-order chi connectivity index (χ0) is 23.5. The number of nitrogens with two attached hydrogens (primary N) is 1. The number of ether oxygens (including phenoxy) is 1. The Morgan fingerprint density at radius 3 is 2.33 bits per heavy atom.